The van der Waals surface area contributed by atoms with Crippen LogP contribution in [0.15, 0.2) is 36.5 Å². The van der Waals surface area contributed by atoms with E-state index in [0.717, 1.165) is 41.9 Å². The largest absolute Gasteiger partial charge is 0.340 e. The van der Waals surface area contributed by atoms with Crippen LogP contribution >= 0.6 is 11.6 Å². The van der Waals surface area contributed by atoms with Crippen LogP contribution in [0.4, 0.5) is 0 Å². The molecule has 2 aromatic heterocycles. The fraction of sp³-hybridized carbons (Fsp3) is 0.381. The van der Waals surface area contributed by atoms with Crippen LogP contribution in [0.5, 0.6) is 0 Å². The van der Waals surface area contributed by atoms with Crippen LogP contribution in [0.2, 0.25) is 5.02 Å². The van der Waals surface area contributed by atoms with E-state index in [2.05, 4.69) is 28.3 Å². The first-order chi connectivity index (χ1) is 13.0. The van der Waals surface area contributed by atoms with E-state index in [-0.39, 0.29) is 18.4 Å². The summed E-state index contributed by atoms with van der Waals surface area (Å²) in [6.45, 7) is 5.48. The molecule has 0 bridgehead atoms. The summed E-state index contributed by atoms with van der Waals surface area (Å²) >= 11 is 6.20. The number of carbonyl (C=O) groups excluding carboxylic acids is 1. The van der Waals surface area contributed by atoms with E-state index in [9.17, 15) is 4.79 Å². The van der Waals surface area contributed by atoms with Crippen molar-refractivity contribution in [3.05, 3.63) is 58.6 Å². The Labute approximate surface area is 164 Å². The van der Waals surface area contributed by atoms with Crippen molar-refractivity contribution in [3.8, 4) is 0 Å². The molecular weight excluding hydrogens is 360 g/mol. The fourth-order valence-corrected chi connectivity index (χ4v) is 3.96. The maximum Gasteiger partial charge on any atom is 0.244 e. The van der Waals surface area contributed by atoms with Gasteiger partial charge >= 0.3 is 0 Å². The van der Waals surface area contributed by atoms with Gasteiger partial charge in [-0.2, -0.15) is 5.10 Å². The zero-order valence-corrected chi connectivity index (χ0v) is 16.4. The molecule has 1 atom stereocenters. The number of benzene rings is 1. The number of rotatable bonds is 3. The number of aryl methyl sites for hydroxylation is 1. The summed E-state index contributed by atoms with van der Waals surface area (Å²) in [5.41, 5.74) is 2.67. The molecule has 3 aromatic rings. The third-order valence-electron chi connectivity index (χ3n) is 5.42. The number of pyridine rings is 1. The summed E-state index contributed by atoms with van der Waals surface area (Å²) in [7, 11) is 0. The molecule has 0 aliphatic carbocycles. The van der Waals surface area contributed by atoms with Gasteiger partial charge in [0.15, 0.2) is 0 Å². The highest BCUT2D eigenvalue weighted by Gasteiger charge is 2.26. The van der Waals surface area contributed by atoms with Gasteiger partial charge in [-0.3, -0.25) is 14.5 Å². The lowest BCUT2D eigenvalue weighted by Gasteiger charge is -2.32. The van der Waals surface area contributed by atoms with Crippen LogP contribution < -0.4 is 0 Å². The highest BCUT2D eigenvalue weighted by molar-refractivity contribution is 6.31. The van der Waals surface area contributed by atoms with Crippen molar-refractivity contribution in [1.29, 1.82) is 0 Å². The summed E-state index contributed by atoms with van der Waals surface area (Å²) in [5.74, 6) is 0.360. The fourth-order valence-electron chi connectivity index (χ4n) is 3.83. The number of hydrogen-bond acceptors (Lipinski definition) is 3. The highest BCUT2D eigenvalue weighted by Crippen LogP contribution is 2.28. The Balaban J connectivity index is 1.49. The van der Waals surface area contributed by atoms with Gasteiger partial charge in [0.05, 0.1) is 16.4 Å². The molecule has 140 valence electrons. The molecule has 1 saturated heterocycles. The van der Waals surface area contributed by atoms with Gasteiger partial charge < -0.3 is 4.90 Å². The predicted octanol–water partition coefficient (Wildman–Crippen LogP) is 4.11. The van der Waals surface area contributed by atoms with Crippen molar-refractivity contribution in [1.82, 2.24) is 19.7 Å². The van der Waals surface area contributed by atoms with Crippen molar-refractivity contribution in [2.45, 2.75) is 39.2 Å². The van der Waals surface area contributed by atoms with Gasteiger partial charge in [-0.1, -0.05) is 35.9 Å². The Morgan fingerprint density at radius 3 is 2.78 bits per heavy atom. The number of hydrogen-bond donors (Lipinski definition) is 0. The van der Waals surface area contributed by atoms with E-state index < -0.39 is 0 Å². The molecule has 1 aliphatic heterocycles. The number of fused-ring (bicyclic) bond motifs is 1. The van der Waals surface area contributed by atoms with Crippen molar-refractivity contribution in [3.63, 3.8) is 0 Å². The maximum absolute atomic E-state index is 12.8. The third-order valence-corrected chi connectivity index (χ3v) is 5.97. The topological polar surface area (TPSA) is 51.0 Å². The molecule has 4 rings (SSSR count). The Hall–Kier alpha value is -2.40. The molecule has 0 spiro atoms. The molecular formula is C21H23ClN4O. The molecule has 1 unspecified atom stereocenters. The molecule has 1 aromatic carbocycles. The van der Waals surface area contributed by atoms with Gasteiger partial charge in [-0.05, 0) is 38.1 Å². The minimum atomic E-state index is 0.0859. The minimum Gasteiger partial charge on any atom is -0.340 e. The van der Waals surface area contributed by atoms with E-state index >= 15 is 0 Å². The molecule has 0 N–H and O–H groups in total. The number of amides is 1. The molecule has 0 radical (unpaired) electrons. The van der Waals surface area contributed by atoms with Crippen LogP contribution in [0.1, 0.15) is 35.8 Å². The Morgan fingerprint density at radius 1 is 1.26 bits per heavy atom. The lowest BCUT2D eigenvalue weighted by Crippen LogP contribution is -2.41. The van der Waals surface area contributed by atoms with Crippen molar-refractivity contribution < 1.29 is 4.79 Å². The molecule has 6 heteroatoms. The zero-order valence-electron chi connectivity index (χ0n) is 15.7. The second kappa shape index (κ2) is 7.31. The van der Waals surface area contributed by atoms with Crippen LogP contribution in [0.25, 0.3) is 10.8 Å². The second-order valence-corrected chi connectivity index (χ2v) is 7.66. The summed E-state index contributed by atoms with van der Waals surface area (Å²) in [6, 6.07) is 10.4. The first-order valence-corrected chi connectivity index (χ1v) is 9.72. The Kier molecular flexibility index (Phi) is 4.87. The number of likely N-dealkylation sites (tertiary alicyclic amines) is 1. The first kappa shape index (κ1) is 18.0. The smallest absolute Gasteiger partial charge is 0.244 e. The standard InChI is InChI=1S/C21H23ClN4O/c1-14-21(22)15(2)26(24-14)13-20(27)25-9-5-8-18(12-25)19-10-16-6-3-4-7-17(16)11-23-19/h3-4,6-7,10-11,18H,5,8-9,12-13H2,1-2H3. The lowest BCUT2D eigenvalue weighted by molar-refractivity contribution is -0.133. The van der Waals surface area contributed by atoms with E-state index in [1.54, 1.807) is 4.68 Å². The summed E-state index contributed by atoms with van der Waals surface area (Å²) in [5, 5.41) is 7.36. The number of piperidine rings is 1. The molecule has 3 heterocycles. The van der Waals surface area contributed by atoms with Gasteiger partial charge in [-0.25, -0.2) is 0 Å². The normalized spacial score (nSPS) is 17.4. The van der Waals surface area contributed by atoms with Crippen LogP contribution in [0, 0.1) is 13.8 Å². The number of nitrogens with zero attached hydrogens (tertiary/aromatic N) is 4. The van der Waals surface area contributed by atoms with E-state index in [4.69, 9.17) is 11.6 Å². The SMILES string of the molecule is Cc1nn(CC(=O)N2CCCC(c3cc4ccccc4cn3)C2)c(C)c1Cl. The van der Waals surface area contributed by atoms with Gasteiger partial charge in [0, 0.05) is 36.3 Å². The monoisotopic (exact) mass is 382 g/mol. The van der Waals surface area contributed by atoms with E-state index in [0.29, 0.717) is 11.6 Å². The lowest BCUT2D eigenvalue weighted by atomic mass is 9.93. The zero-order chi connectivity index (χ0) is 19.0. The van der Waals surface area contributed by atoms with Crippen molar-refractivity contribution in [2.75, 3.05) is 13.1 Å². The van der Waals surface area contributed by atoms with Gasteiger partial charge in [-0.15, -0.1) is 0 Å². The van der Waals surface area contributed by atoms with Crippen LogP contribution in [-0.2, 0) is 11.3 Å². The summed E-state index contributed by atoms with van der Waals surface area (Å²) in [4.78, 5) is 19.4. The van der Waals surface area contributed by atoms with Gasteiger partial charge in [0.25, 0.3) is 0 Å². The average molecular weight is 383 g/mol. The predicted molar refractivity (Wildman–Crippen MR) is 107 cm³/mol. The Morgan fingerprint density at radius 2 is 2.04 bits per heavy atom. The Bertz CT molecular complexity index is 997. The van der Waals surface area contributed by atoms with E-state index in [1.165, 1.54) is 5.39 Å². The maximum atomic E-state index is 12.8. The van der Waals surface area contributed by atoms with Crippen LogP contribution in [0.3, 0.4) is 0 Å². The molecule has 0 saturated carbocycles. The molecule has 27 heavy (non-hydrogen) atoms. The number of carbonyl (C=O) groups is 1. The molecule has 1 amide bonds. The summed E-state index contributed by atoms with van der Waals surface area (Å²) in [6.07, 6.45) is 3.98. The molecule has 1 fully saturated rings. The third kappa shape index (κ3) is 3.56. The molecule has 1 aliphatic rings. The highest BCUT2D eigenvalue weighted by atomic mass is 35.5. The summed E-state index contributed by atoms with van der Waals surface area (Å²) < 4.78 is 1.71. The second-order valence-electron chi connectivity index (χ2n) is 7.28. The first-order valence-electron chi connectivity index (χ1n) is 9.35. The number of aromatic nitrogens is 3. The average Bonchev–Trinajstić information content (AvgIpc) is 2.94. The minimum absolute atomic E-state index is 0.0859. The molecule has 5 nitrogen and oxygen atoms in total. The number of halogens is 1. The van der Waals surface area contributed by atoms with Crippen LogP contribution in [-0.4, -0.2) is 38.7 Å². The van der Waals surface area contributed by atoms with Gasteiger partial charge in [0.2, 0.25) is 5.91 Å². The van der Waals surface area contributed by atoms with Gasteiger partial charge in [0.1, 0.15) is 6.54 Å². The quantitative estimate of drug-likeness (QED) is 0.685. The van der Waals surface area contributed by atoms with E-state index in [1.807, 2.05) is 37.1 Å². The van der Waals surface area contributed by atoms with Crippen molar-refractivity contribution >= 4 is 28.3 Å². The van der Waals surface area contributed by atoms with Crippen molar-refractivity contribution in [2.24, 2.45) is 0 Å².